The minimum absolute atomic E-state index is 0.402. The Morgan fingerprint density at radius 1 is 1.00 bits per heavy atom. The van der Waals surface area contributed by atoms with E-state index in [4.69, 9.17) is 10.5 Å². The number of carbonyl (C=O) groups excluding carboxylic acids is 1. The Morgan fingerprint density at radius 2 is 1.74 bits per heavy atom. The lowest BCUT2D eigenvalue weighted by molar-refractivity contribution is 0.0999. The fourth-order valence-electron chi connectivity index (χ4n) is 2.76. The number of aromatic nitrogens is 1. The van der Waals surface area contributed by atoms with Crippen LogP contribution in [0.1, 0.15) is 27.2 Å². The van der Waals surface area contributed by atoms with Gasteiger partial charge in [0.1, 0.15) is 5.75 Å². The van der Waals surface area contributed by atoms with Gasteiger partial charge in [-0.05, 0) is 49.2 Å². The summed E-state index contributed by atoms with van der Waals surface area (Å²) in [5.74, 6) is 0.642. The predicted molar refractivity (Wildman–Crippen MR) is 106 cm³/mol. The summed E-state index contributed by atoms with van der Waals surface area (Å²) < 4.78 is 5.75. The zero-order valence-electron chi connectivity index (χ0n) is 15.3. The first-order valence-corrected chi connectivity index (χ1v) is 8.91. The minimum atomic E-state index is -0.490. The van der Waals surface area contributed by atoms with Crippen LogP contribution in [0.2, 0.25) is 0 Å². The second-order valence-corrected chi connectivity index (χ2v) is 6.31. The predicted octanol–water partition coefficient (Wildman–Crippen LogP) is 3.61. The van der Waals surface area contributed by atoms with Crippen molar-refractivity contribution in [3.63, 3.8) is 0 Å². The van der Waals surface area contributed by atoms with Gasteiger partial charge in [0.25, 0.3) is 5.91 Å². The maximum atomic E-state index is 11.3. The highest BCUT2D eigenvalue weighted by Gasteiger charge is 2.08. The molecule has 5 heteroatoms. The summed E-state index contributed by atoms with van der Waals surface area (Å²) in [6.45, 7) is 3.46. The van der Waals surface area contributed by atoms with E-state index in [2.05, 4.69) is 34.6 Å². The zero-order chi connectivity index (χ0) is 19.1. The van der Waals surface area contributed by atoms with Gasteiger partial charge >= 0.3 is 0 Å². The minimum Gasteiger partial charge on any atom is -0.439 e. The first kappa shape index (κ1) is 18.6. The van der Waals surface area contributed by atoms with Gasteiger partial charge in [-0.25, -0.2) is 4.98 Å². The number of nitrogens with two attached hydrogens (primary N) is 1. The van der Waals surface area contributed by atoms with Crippen molar-refractivity contribution in [1.82, 2.24) is 10.3 Å². The van der Waals surface area contributed by atoms with E-state index in [1.807, 2.05) is 30.3 Å². The van der Waals surface area contributed by atoms with E-state index in [1.165, 1.54) is 11.1 Å². The average Bonchev–Trinajstić information content (AvgIpc) is 2.67. The number of hydrogen-bond acceptors (Lipinski definition) is 4. The lowest BCUT2D eigenvalue weighted by Gasteiger charge is -2.09. The number of amides is 1. The average molecular weight is 361 g/mol. The molecule has 1 aromatic heterocycles. The Labute approximate surface area is 159 Å². The molecule has 0 saturated heterocycles. The number of rotatable bonds is 8. The number of aryl methyl sites for hydroxylation is 1. The first-order valence-electron chi connectivity index (χ1n) is 8.91. The topological polar surface area (TPSA) is 77.2 Å². The van der Waals surface area contributed by atoms with E-state index in [0.717, 1.165) is 19.5 Å². The van der Waals surface area contributed by atoms with Crippen LogP contribution in [0, 0.1) is 6.92 Å². The van der Waals surface area contributed by atoms with Crippen LogP contribution in [0.4, 0.5) is 0 Å². The molecule has 3 N–H and O–H groups in total. The molecular weight excluding hydrogens is 338 g/mol. The molecule has 5 nitrogen and oxygen atoms in total. The van der Waals surface area contributed by atoms with Crippen LogP contribution in [0.3, 0.4) is 0 Å². The Bertz CT molecular complexity index is 893. The molecule has 0 atom stereocenters. The molecule has 3 rings (SSSR count). The van der Waals surface area contributed by atoms with E-state index in [-0.39, 0.29) is 0 Å². The standard InChI is InChI=1S/C22H23N3O2/c1-16-20(22(23)26)11-12-21(25-16)27-19-9-7-18(8-10-19)15-24-14-13-17-5-3-2-4-6-17/h2-12,24H,13-15H2,1H3,(H2,23,26). The molecule has 27 heavy (non-hydrogen) atoms. The van der Waals surface area contributed by atoms with Crippen molar-refractivity contribution >= 4 is 5.91 Å². The summed E-state index contributed by atoms with van der Waals surface area (Å²) >= 11 is 0. The quantitative estimate of drug-likeness (QED) is 0.601. The summed E-state index contributed by atoms with van der Waals surface area (Å²) in [5, 5.41) is 3.45. The smallest absolute Gasteiger partial charge is 0.250 e. The van der Waals surface area contributed by atoms with Crippen molar-refractivity contribution in [2.75, 3.05) is 6.54 Å². The van der Waals surface area contributed by atoms with Gasteiger partial charge in [-0.2, -0.15) is 0 Å². The molecule has 0 fully saturated rings. The van der Waals surface area contributed by atoms with Gasteiger partial charge in [0, 0.05) is 12.6 Å². The summed E-state index contributed by atoms with van der Waals surface area (Å²) in [7, 11) is 0. The Balaban J connectivity index is 1.50. The molecule has 138 valence electrons. The Kier molecular flexibility index (Phi) is 6.18. The van der Waals surface area contributed by atoms with E-state index in [9.17, 15) is 4.79 Å². The van der Waals surface area contributed by atoms with Gasteiger partial charge in [-0.1, -0.05) is 42.5 Å². The Morgan fingerprint density at radius 3 is 2.41 bits per heavy atom. The van der Waals surface area contributed by atoms with Gasteiger partial charge in [-0.3, -0.25) is 4.79 Å². The van der Waals surface area contributed by atoms with Gasteiger partial charge in [-0.15, -0.1) is 0 Å². The highest BCUT2D eigenvalue weighted by Crippen LogP contribution is 2.21. The summed E-state index contributed by atoms with van der Waals surface area (Å²) in [4.78, 5) is 15.5. The van der Waals surface area contributed by atoms with E-state index in [1.54, 1.807) is 19.1 Å². The molecule has 0 saturated carbocycles. The number of primary amides is 1. The van der Waals surface area contributed by atoms with Crippen LogP contribution in [0.5, 0.6) is 11.6 Å². The van der Waals surface area contributed by atoms with Crippen molar-refractivity contribution < 1.29 is 9.53 Å². The number of nitrogens with zero attached hydrogens (tertiary/aromatic N) is 1. The summed E-state index contributed by atoms with van der Waals surface area (Å²) in [6.07, 6.45) is 1.01. The monoisotopic (exact) mass is 361 g/mol. The van der Waals surface area contributed by atoms with Crippen LogP contribution in [-0.4, -0.2) is 17.4 Å². The lowest BCUT2D eigenvalue weighted by Crippen LogP contribution is -2.16. The zero-order valence-corrected chi connectivity index (χ0v) is 15.3. The number of ether oxygens (including phenoxy) is 1. The molecule has 0 radical (unpaired) electrons. The molecule has 0 bridgehead atoms. The fourth-order valence-corrected chi connectivity index (χ4v) is 2.76. The third-order valence-electron chi connectivity index (χ3n) is 4.23. The molecule has 1 amide bonds. The van der Waals surface area contributed by atoms with Crippen molar-refractivity contribution in [3.8, 4) is 11.6 Å². The van der Waals surface area contributed by atoms with E-state index in [0.29, 0.717) is 22.9 Å². The summed E-state index contributed by atoms with van der Waals surface area (Å²) in [5.41, 5.74) is 8.76. The van der Waals surface area contributed by atoms with E-state index >= 15 is 0 Å². The number of carbonyl (C=O) groups is 1. The van der Waals surface area contributed by atoms with Crippen molar-refractivity contribution in [1.29, 1.82) is 0 Å². The third kappa shape index (κ3) is 5.39. The fraction of sp³-hybridized carbons (Fsp3) is 0.182. The second-order valence-electron chi connectivity index (χ2n) is 6.31. The Hall–Kier alpha value is -3.18. The van der Waals surface area contributed by atoms with Crippen molar-refractivity contribution in [2.24, 2.45) is 5.73 Å². The second kappa shape index (κ2) is 8.96. The van der Waals surface area contributed by atoms with Crippen LogP contribution in [0.15, 0.2) is 66.7 Å². The van der Waals surface area contributed by atoms with Crippen LogP contribution >= 0.6 is 0 Å². The number of pyridine rings is 1. The maximum Gasteiger partial charge on any atom is 0.250 e. The molecule has 0 aliphatic rings. The van der Waals surface area contributed by atoms with Crippen LogP contribution < -0.4 is 15.8 Å². The highest BCUT2D eigenvalue weighted by molar-refractivity contribution is 5.93. The molecule has 0 aliphatic heterocycles. The van der Waals surface area contributed by atoms with Crippen LogP contribution in [-0.2, 0) is 13.0 Å². The number of hydrogen-bond donors (Lipinski definition) is 2. The van der Waals surface area contributed by atoms with E-state index < -0.39 is 5.91 Å². The molecule has 0 spiro atoms. The van der Waals surface area contributed by atoms with Gasteiger partial charge in [0.15, 0.2) is 0 Å². The molecule has 1 heterocycles. The highest BCUT2D eigenvalue weighted by atomic mass is 16.5. The van der Waals surface area contributed by atoms with Crippen molar-refractivity contribution in [3.05, 3.63) is 89.1 Å². The molecule has 2 aromatic carbocycles. The van der Waals surface area contributed by atoms with Gasteiger partial charge < -0.3 is 15.8 Å². The molecule has 0 unspecified atom stereocenters. The number of benzene rings is 2. The molecule has 3 aromatic rings. The van der Waals surface area contributed by atoms with Gasteiger partial charge in [0.2, 0.25) is 5.88 Å². The largest absolute Gasteiger partial charge is 0.439 e. The first-order chi connectivity index (χ1) is 13.1. The van der Waals surface area contributed by atoms with Crippen molar-refractivity contribution in [2.45, 2.75) is 19.9 Å². The third-order valence-corrected chi connectivity index (χ3v) is 4.23. The maximum absolute atomic E-state index is 11.3. The summed E-state index contributed by atoms with van der Waals surface area (Å²) in [6, 6.07) is 21.6. The molecular formula is C22H23N3O2. The lowest BCUT2D eigenvalue weighted by atomic mass is 10.1. The SMILES string of the molecule is Cc1nc(Oc2ccc(CNCCc3ccccc3)cc2)ccc1C(N)=O. The number of nitrogens with one attached hydrogen (secondary N) is 1. The normalized spacial score (nSPS) is 10.6. The molecule has 0 aliphatic carbocycles. The van der Waals surface area contributed by atoms with Crippen LogP contribution in [0.25, 0.3) is 0 Å². The van der Waals surface area contributed by atoms with Gasteiger partial charge in [0.05, 0.1) is 11.3 Å².